The quantitative estimate of drug-likeness (QED) is 0.865. The largest absolute Gasteiger partial charge is 0.493 e. The van der Waals surface area contributed by atoms with E-state index in [0.29, 0.717) is 16.5 Å². The molecule has 4 heteroatoms. The van der Waals surface area contributed by atoms with Crippen LogP contribution in [0.4, 0.5) is 0 Å². The molecule has 0 aliphatic rings. The zero-order valence-corrected chi connectivity index (χ0v) is 10.7. The number of halogens is 1. The minimum Gasteiger partial charge on any atom is -0.493 e. The summed E-state index contributed by atoms with van der Waals surface area (Å²) in [5, 5.41) is 0.556. The zero-order valence-electron chi connectivity index (χ0n) is 9.92. The number of ether oxygens (including phenoxy) is 2. The van der Waals surface area contributed by atoms with E-state index in [0.717, 1.165) is 18.4 Å². The van der Waals surface area contributed by atoms with Crippen LogP contribution in [0.1, 0.15) is 18.9 Å². The third-order valence-corrected chi connectivity index (χ3v) is 2.80. The fourth-order valence-electron chi connectivity index (χ4n) is 1.54. The summed E-state index contributed by atoms with van der Waals surface area (Å²) in [7, 11) is 3.17. The van der Waals surface area contributed by atoms with Gasteiger partial charge in [0.15, 0.2) is 11.5 Å². The summed E-state index contributed by atoms with van der Waals surface area (Å²) in [5.74, 6) is 1.21. The number of methoxy groups -OCH3 is 2. The summed E-state index contributed by atoms with van der Waals surface area (Å²) < 4.78 is 10.4. The van der Waals surface area contributed by atoms with Crippen molar-refractivity contribution in [3.63, 3.8) is 0 Å². The Morgan fingerprint density at radius 2 is 2.00 bits per heavy atom. The number of hydrogen-bond donors (Lipinski definition) is 1. The fraction of sp³-hybridized carbons (Fsp3) is 0.500. The van der Waals surface area contributed by atoms with E-state index < -0.39 is 0 Å². The number of benzene rings is 1. The van der Waals surface area contributed by atoms with Crippen molar-refractivity contribution in [2.75, 3.05) is 14.2 Å². The van der Waals surface area contributed by atoms with Gasteiger partial charge in [-0.15, -0.1) is 0 Å². The van der Waals surface area contributed by atoms with Crippen LogP contribution < -0.4 is 15.2 Å². The minimum absolute atomic E-state index is 0.147. The van der Waals surface area contributed by atoms with E-state index in [2.05, 4.69) is 6.92 Å². The Bertz CT molecular complexity index is 355. The van der Waals surface area contributed by atoms with Crippen molar-refractivity contribution in [3.05, 3.63) is 22.7 Å². The van der Waals surface area contributed by atoms with Gasteiger partial charge in [0.25, 0.3) is 0 Å². The molecule has 0 fully saturated rings. The highest BCUT2D eigenvalue weighted by molar-refractivity contribution is 6.32. The molecule has 0 spiro atoms. The Balaban J connectivity index is 3.00. The van der Waals surface area contributed by atoms with Gasteiger partial charge >= 0.3 is 0 Å². The molecular weight excluding hydrogens is 226 g/mol. The maximum atomic E-state index is 6.09. The van der Waals surface area contributed by atoms with Gasteiger partial charge in [0.1, 0.15) is 0 Å². The van der Waals surface area contributed by atoms with Crippen LogP contribution in [0.3, 0.4) is 0 Å². The second-order valence-electron chi connectivity index (χ2n) is 3.69. The monoisotopic (exact) mass is 243 g/mol. The maximum absolute atomic E-state index is 6.09. The highest BCUT2D eigenvalue weighted by Crippen LogP contribution is 2.36. The molecule has 1 aromatic carbocycles. The van der Waals surface area contributed by atoms with Crippen molar-refractivity contribution in [2.24, 2.45) is 5.73 Å². The number of hydrogen-bond acceptors (Lipinski definition) is 3. The van der Waals surface area contributed by atoms with Gasteiger partial charge in [0, 0.05) is 6.04 Å². The maximum Gasteiger partial charge on any atom is 0.179 e. The molecule has 0 aliphatic carbocycles. The van der Waals surface area contributed by atoms with Crippen LogP contribution in [0.25, 0.3) is 0 Å². The highest BCUT2D eigenvalue weighted by atomic mass is 35.5. The molecule has 0 aromatic heterocycles. The molecular formula is C12H18ClNO2. The molecule has 16 heavy (non-hydrogen) atoms. The van der Waals surface area contributed by atoms with Crippen molar-refractivity contribution < 1.29 is 9.47 Å². The second kappa shape index (κ2) is 5.97. The summed E-state index contributed by atoms with van der Waals surface area (Å²) in [6.45, 7) is 2.06. The van der Waals surface area contributed by atoms with Gasteiger partial charge < -0.3 is 15.2 Å². The third-order valence-electron chi connectivity index (χ3n) is 2.52. The van der Waals surface area contributed by atoms with E-state index >= 15 is 0 Å². The summed E-state index contributed by atoms with van der Waals surface area (Å²) in [6, 6.07) is 3.94. The Hall–Kier alpha value is -0.930. The number of nitrogens with two attached hydrogens (primary N) is 1. The predicted octanol–water partition coefficient (Wildman–Crippen LogP) is 2.64. The molecule has 1 atom stereocenters. The van der Waals surface area contributed by atoms with Gasteiger partial charge in [-0.25, -0.2) is 0 Å². The van der Waals surface area contributed by atoms with Crippen LogP contribution in [0, 0.1) is 0 Å². The van der Waals surface area contributed by atoms with Crippen molar-refractivity contribution in [3.8, 4) is 11.5 Å². The van der Waals surface area contributed by atoms with Crippen molar-refractivity contribution in [2.45, 2.75) is 25.8 Å². The first-order valence-electron chi connectivity index (χ1n) is 5.28. The van der Waals surface area contributed by atoms with E-state index in [1.54, 1.807) is 14.2 Å². The second-order valence-corrected chi connectivity index (χ2v) is 4.09. The molecule has 0 bridgehead atoms. The predicted molar refractivity (Wildman–Crippen MR) is 66.5 cm³/mol. The van der Waals surface area contributed by atoms with Crippen LogP contribution in [0.2, 0.25) is 5.02 Å². The topological polar surface area (TPSA) is 44.5 Å². The molecule has 1 unspecified atom stereocenters. The Morgan fingerprint density at radius 3 is 2.50 bits per heavy atom. The summed E-state index contributed by atoms with van der Waals surface area (Å²) in [4.78, 5) is 0. The zero-order chi connectivity index (χ0) is 12.1. The van der Waals surface area contributed by atoms with Gasteiger partial charge in [-0.3, -0.25) is 0 Å². The molecule has 90 valence electrons. The molecule has 3 nitrogen and oxygen atoms in total. The van der Waals surface area contributed by atoms with Crippen molar-refractivity contribution >= 4 is 11.6 Å². The smallest absolute Gasteiger partial charge is 0.179 e. The first kappa shape index (κ1) is 13.1. The lowest BCUT2D eigenvalue weighted by Crippen LogP contribution is -2.21. The number of rotatable bonds is 5. The molecule has 0 saturated heterocycles. The molecule has 1 aromatic rings. The summed E-state index contributed by atoms with van der Waals surface area (Å²) >= 11 is 6.09. The van der Waals surface area contributed by atoms with Gasteiger partial charge in [0.05, 0.1) is 19.2 Å². The van der Waals surface area contributed by atoms with E-state index in [9.17, 15) is 0 Å². The van der Waals surface area contributed by atoms with Crippen LogP contribution in [0.15, 0.2) is 12.1 Å². The third kappa shape index (κ3) is 3.03. The van der Waals surface area contributed by atoms with Crippen LogP contribution in [0.5, 0.6) is 11.5 Å². The fourth-order valence-corrected chi connectivity index (χ4v) is 1.85. The molecule has 0 heterocycles. The normalized spacial score (nSPS) is 12.3. The Morgan fingerprint density at radius 1 is 1.31 bits per heavy atom. The van der Waals surface area contributed by atoms with Gasteiger partial charge in [-0.2, -0.15) is 0 Å². The summed E-state index contributed by atoms with van der Waals surface area (Å²) in [5.41, 5.74) is 6.97. The molecule has 0 aliphatic heterocycles. The minimum atomic E-state index is 0.147. The SMILES string of the molecule is CCC(N)Cc1cc(Cl)c(OC)c(OC)c1. The molecule has 0 radical (unpaired) electrons. The summed E-state index contributed by atoms with van der Waals surface area (Å²) in [6.07, 6.45) is 1.72. The first-order valence-corrected chi connectivity index (χ1v) is 5.66. The van der Waals surface area contributed by atoms with E-state index in [-0.39, 0.29) is 6.04 Å². The van der Waals surface area contributed by atoms with Gasteiger partial charge in [-0.1, -0.05) is 18.5 Å². The average molecular weight is 244 g/mol. The lowest BCUT2D eigenvalue weighted by molar-refractivity contribution is 0.354. The highest BCUT2D eigenvalue weighted by Gasteiger charge is 2.12. The lowest BCUT2D eigenvalue weighted by Gasteiger charge is -2.13. The van der Waals surface area contributed by atoms with E-state index in [1.807, 2.05) is 12.1 Å². The van der Waals surface area contributed by atoms with Crippen molar-refractivity contribution in [1.82, 2.24) is 0 Å². The first-order chi connectivity index (χ1) is 7.62. The van der Waals surface area contributed by atoms with E-state index in [4.69, 9.17) is 26.8 Å². The molecule has 0 saturated carbocycles. The van der Waals surface area contributed by atoms with Crippen LogP contribution in [-0.4, -0.2) is 20.3 Å². The van der Waals surface area contributed by atoms with Crippen molar-refractivity contribution in [1.29, 1.82) is 0 Å². The lowest BCUT2D eigenvalue weighted by atomic mass is 10.0. The Labute approximate surface area is 101 Å². The Kier molecular flexibility index (Phi) is 4.90. The average Bonchev–Trinajstić information content (AvgIpc) is 2.28. The standard InChI is InChI=1S/C12H18ClNO2/c1-4-9(14)5-8-6-10(13)12(16-3)11(7-8)15-2/h6-7,9H,4-5,14H2,1-3H3. The van der Waals surface area contributed by atoms with Crippen LogP contribution >= 0.6 is 11.6 Å². The van der Waals surface area contributed by atoms with E-state index in [1.165, 1.54) is 0 Å². The molecule has 2 N–H and O–H groups in total. The van der Waals surface area contributed by atoms with Gasteiger partial charge in [0.2, 0.25) is 0 Å². The molecule has 1 rings (SSSR count). The van der Waals surface area contributed by atoms with Crippen LogP contribution in [-0.2, 0) is 6.42 Å². The molecule has 0 amide bonds. The van der Waals surface area contributed by atoms with Gasteiger partial charge in [-0.05, 0) is 30.5 Å².